The van der Waals surface area contributed by atoms with Gasteiger partial charge in [0.2, 0.25) is 0 Å². The number of hydrogen-bond acceptors (Lipinski definition) is 2. The van der Waals surface area contributed by atoms with E-state index in [1.807, 2.05) is 19.9 Å². The standard InChI is InChI=1S/C14H17BrO2/c1-3-9(2)13(16)8-11-7-12(15)6-10-4-5-17-14(10)11/h6-7,9H,3-5,8H2,1-2H3. The van der Waals surface area contributed by atoms with Crippen molar-refractivity contribution in [3.63, 3.8) is 0 Å². The molecule has 92 valence electrons. The number of carbonyl (C=O) groups excluding carboxylic acids is 1. The van der Waals surface area contributed by atoms with E-state index in [0.29, 0.717) is 12.2 Å². The van der Waals surface area contributed by atoms with Gasteiger partial charge in [-0.25, -0.2) is 0 Å². The zero-order valence-electron chi connectivity index (χ0n) is 10.3. The number of hydrogen-bond donors (Lipinski definition) is 0. The minimum absolute atomic E-state index is 0.131. The molecule has 1 aromatic rings. The summed E-state index contributed by atoms with van der Waals surface area (Å²) >= 11 is 3.49. The number of Topliss-reactive ketones (excluding diaryl/α,β-unsaturated/α-hetero) is 1. The predicted molar refractivity (Wildman–Crippen MR) is 71.5 cm³/mol. The highest BCUT2D eigenvalue weighted by atomic mass is 79.9. The molecule has 1 aliphatic rings. The van der Waals surface area contributed by atoms with Crippen LogP contribution >= 0.6 is 15.9 Å². The second kappa shape index (κ2) is 5.21. The van der Waals surface area contributed by atoms with E-state index in [2.05, 4.69) is 22.0 Å². The van der Waals surface area contributed by atoms with Crippen LogP contribution in [0.3, 0.4) is 0 Å². The Morgan fingerprint density at radius 2 is 2.29 bits per heavy atom. The van der Waals surface area contributed by atoms with Gasteiger partial charge in [-0.3, -0.25) is 4.79 Å². The molecule has 0 spiro atoms. The smallest absolute Gasteiger partial charge is 0.140 e. The third-order valence-electron chi connectivity index (χ3n) is 3.35. The summed E-state index contributed by atoms with van der Waals surface area (Å²) in [6.07, 6.45) is 2.33. The Balaban J connectivity index is 2.24. The van der Waals surface area contributed by atoms with Crippen LogP contribution in [0, 0.1) is 5.92 Å². The van der Waals surface area contributed by atoms with Crippen molar-refractivity contribution in [2.75, 3.05) is 6.61 Å². The quantitative estimate of drug-likeness (QED) is 0.849. The molecule has 0 saturated heterocycles. The van der Waals surface area contributed by atoms with Crippen LogP contribution in [-0.4, -0.2) is 12.4 Å². The minimum Gasteiger partial charge on any atom is -0.493 e. The molecular weight excluding hydrogens is 280 g/mol. The third kappa shape index (κ3) is 2.71. The van der Waals surface area contributed by atoms with Crippen LogP contribution in [0.1, 0.15) is 31.4 Å². The molecule has 1 unspecified atom stereocenters. The third-order valence-corrected chi connectivity index (χ3v) is 3.81. The van der Waals surface area contributed by atoms with Crippen molar-refractivity contribution in [2.45, 2.75) is 33.1 Å². The van der Waals surface area contributed by atoms with Gasteiger partial charge in [0.25, 0.3) is 0 Å². The molecule has 0 bridgehead atoms. The van der Waals surface area contributed by atoms with Gasteiger partial charge in [-0.15, -0.1) is 0 Å². The van der Waals surface area contributed by atoms with Gasteiger partial charge in [-0.1, -0.05) is 29.8 Å². The van der Waals surface area contributed by atoms with Gasteiger partial charge in [-0.05, 0) is 24.1 Å². The molecule has 0 radical (unpaired) electrons. The number of carbonyl (C=O) groups is 1. The Morgan fingerprint density at radius 3 is 3.00 bits per heavy atom. The number of rotatable bonds is 4. The summed E-state index contributed by atoms with van der Waals surface area (Å²) < 4.78 is 6.66. The van der Waals surface area contributed by atoms with Gasteiger partial charge in [0, 0.05) is 28.8 Å². The largest absolute Gasteiger partial charge is 0.493 e. The molecular formula is C14H17BrO2. The second-order valence-electron chi connectivity index (χ2n) is 4.60. The van der Waals surface area contributed by atoms with E-state index in [1.54, 1.807) is 0 Å². The first-order valence-corrected chi connectivity index (χ1v) is 6.88. The number of ketones is 1. The Bertz CT molecular complexity index is 440. The van der Waals surface area contributed by atoms with Crippen molar-refractivity contribution in [2.24, 2.45) is 5.92 Å². The zero-order chi connectivity index (χ0) is 12.4. The average Bonchev–Trinajstić information content (AvgIpc) is 2.75. The van der Waals surface area contributed by atoms with E-state index in [0.717, 1.165) is 35.2 Å². The zero-order valence-corrected chi connectivity index (χ0v) is 11.8. The lowest BCUT2D eigenvalue weighted by atomic mass is 9.96. The average molecular weight is 297 g/mol. The van der Waals surface area contributed by atoms with Crippen molar-refractivity contribution >= 4 is 21.7 Å². The van der Waals surface area contributed by atoms with Gasteiger partial charge < -0.3 is 4.74 Å². The maximum absolute atomic E-state index is 12.0. The molecule has 2 rings (SSSR count). The molecule has 3 heteroatoms. The summed E-state index contributed by atoms with van der Waals surface area (Å²) in [5, 5.41) is 0. The Kier molecular flexibility index (Phi) is 3.87. The molecule has 0 amide bonds. The Hall–Kier alpha value is -0.830. The van der Waals surface area contributed by atoms with E-state index in [9.17, 15) is 4.79 Å². The number of benzene rings is 1. The predicted octanol–water partition coefficient (Wildman–Crippen LogP) is 3.54. The van der Waals surface area contributed by atoms with Crippen molar-refractivity contribution < 1.29 is 9.53 Å². The van der Waals surface area contributed by atoms with Crippen LogP contribution < -0.4 is 4.74 Å². The molecule has 2 nitrogen and oxygen atoms in total. The van der Waals surface area contributed by atoms with Gasteiger partial charge in [0.15, 0.2) is 0 Å². The van der Waals surface area contributed by atoms with E-state index < -0.39 is 0 Å². The molecule has 0 aromatic heterocycles. The van der Waals surface area contributed by atoms with E-state index in [1.165, 1.54) is 5.56 Å². The fourth-order valence-corrected chi connectivity index (χ4v) is 2.62. The van der Waals surface area contributed by atoms with Crippen LogP contribution in [0.4, 0.5) is 0 Å². The number of ether oxygens (including phenoxy) is 1. The van der Waals surface area contributed by atoms with E-state index >= 15 is 0 Å². The molecule has 1 aliphatic heterocycles. The van der Waals surface area contributed by atoms with Gasteiger partial charge >= 0.3 is 0 Å². The topological polar surface area (TPSA) is 26.3 Å². The van der Waals surface area contributed by atoms with E-state index in [-0.39, 0.29) is 5.92 Å². The van der Waals surface area contributed by atoms with Crippen LogP contribution in [0.5, 0.6) is 5.75 Å². The van der Waals surface area contributed by atoms with Crippen molar-refractivity contribution in [3.05, 3.63) is 27.7 Å². The number of fused-ring (bicyclic) bond motifs is 1. The molecule has 0 saturated carbocycles. The van der Waals surface area contributed by atoms with Crippen LogP contribution in [0.15, 0.2) is 16.6 Å². The first-order valence-electron chi connectivity index (χ1n) is 6.08. The maximum atomic E-state index is 12.0. The lowest BCUT2D eigenvalue weighted by molar-refractivity contribution is -0.121. The normalized spacial score (nSPS) is 15.2. The van der Waals surface area contributed by atoms with Crippen LogP contribution in [0.25, 0.3) is 0 Å². The first-order chi connectivity index (χ1) is 8.11. The summed E-state index contributed by atoms with van der Waals surface area (Å²) in [6.45, 7) is 4.77. The van der Waals surface area contributed by atoms with Gasteiger partial charge in [0.05, 0.1) is 6.61 Å². The summed E-state index contributed by atoms with van der Waals surface area (Å²) in [7, 11) is 0. The van der Waals surface area contributed by atoms with Crippen molar-refractivity contribution in [3.8, 4) is 5.75 Å². The lowest BCUT2D eigenvalue weighted by Crippen LogP contribution is -2.13. The fraction of sp³-hybridized carbons (Fsp3) is 0.500. The molecule has 1 heterocycles. The highest BCUT2D eigenvalue weighted by molar-refractivity contribution is 9.10. The SMILES string of the molecule is CCC(C)C(=O)Cc1cc(Br)cc2c1OCC2. The molecule has 17 heavy (non-hydrogen) atoms. The molecule has 0 aliphatic carbocycles. The molecule has 0 fully saturated rings. The lowest BCUT2D eigenvalue weighted by Gasteiger charge is -2.11. The van der Waals surface area contributed by atoms with Crippen molar-refractivity contribution in [1.29, 1.82) is 0 Å². The second-order valence-corrected chi connectivity index (χ2v) is 5.52. The molecule has 1 atom stereocenters. The monoisotopic (exact) mass is 296 g/mol. The van der Waals surface area contributed by atoms with Crippen LogP contribution in [-0.2, 0) is 17.6 Å². The molecule has 0 N–H and O–H groups in total. The highest BCUT2D eigenvalue weighted by Gasteiger charge is 2.20. The van der Waals surface area contributed by atoms with E-state index in [4.69, 9.17) is 4.74 Å². The van der Waals surface area contributed by atoms with Crippen molar-refractivity contribution in [1.82, 2.24) is 0 Å². The number of halogens is 1. The highest BCUT2D eigenvalue weighted by Crippen LogP contribution is 2.33. The summed E-state index contributed by atoms with van der Waals surface area (Å²) in [4.78, 5) is 12.0. The molecule has 1 aromatic carbocycles. The summed E-state index contributed by atoms with van der Waals surface area (Å²) in [5.41, 5.74) is 2.24. The fourth-order valence-electron chi connectivity index (χ4n) is 2.07. The first kappa shape index (κ1) is 12.6. The summed E-state index contributed by atoms with van der Waals surface area (Å²) in [6, 6.07) is 4.09. The maximum Gasteiger partial charge on any atom is 0.140 e. The van der Waals surface area contributed by atoms with Gasteiger partial charge in [-0.2, -0.15) is 0 Å². The summed E-state index contributed by atoms with van der Waals surface area (Å²) in [5.74, 6) is 1.36. The Labute approximate surface area is 110 Å². The van der Waals surface area contributed by atoms with Crippen LogP contribution in [0.2, 0.25) is 0 Å². The van der Waals surface area contributed by atoms with Gasteiger partial charge in [0.1, 0.15) is 11.5 Å². The minimum atomic E-state index is 0.131. The Morgan fingerprint density at radius 1 is 1.53 bits per heavy atom.